The number of carbonyl (C=O) groups excluding carboxylic acids is 13. The van der Waals surface area contributed by atoms with Crippen LogP contribution in [0.25, 0.3) is 0 Å². The van der Waals surface area contributed by atoms with Crippen molar-refractivity contribution in [3.63, 3.8) is 0 Å². The number of phenolic OH excluding ortho intramolecular Hbond substituents is 2. The van der Waals surface area contributed by atoms with E-state index in [0.717, 1.165) is 34.1 Å². The minimum absolute atomic E-state index is 0.0161. The molecule has 5 rings (SSSR count). The molecule has 0 radical (unpaired) electrons. The molecule has 2 heterocycles. The summed E-state index contributed by atoms with van der Waals surface area (Å²) in [6.07, 6.45) is -4.04. The minimum atomic E-state index is -2.04. The number of aliphatic hydroxyl groups is 1. The maximum Gasteiger partial charge on any atom is 0.305 e. The Bertz CT molecular complexity index is 3730. The van der Waals surface area contributed by atoms with Crippen LogP contribution in [-0.2, 0) is 91.3 Å². The molecule has 0 aromatic heterocycles. The quantitative estimate of drug-likeness (QED) is 0.0264. The van der Waals surface area contributed by atoms with E-state index in [-0.39, 0.29) is 80.6 Å². The van der Waals surface area contributed by atoms with Gasteiger partial charge in [-0.15, -0.1) is 0 Å². The van der Waals surface area contributed by atoms with Gasteiger partial charge in [0.1, 0.15) is 71.9 Å². The number of hydrogen-bond donors (Lipinski definition) is 21. The van der Waals surface area contributed by atoms with Crippen molar-refractivity contribution in [2.45, 2.75) is 185 Å². The lowest BCUT2D eigenvalue weighted by Gasteiger charge is -2.31. The predicted molar refractivity (Wildman–Crippen MR) is 424 cm³/mol. The summed E-state index contributed by atoms with van der Waals surface area (Å²) in [7, 11) is 8.38. The average Bonchev–Trinajstić information content (AvgIpc) is 1.67. The van der Waals surface area contributed by atoms with Crippen LogP contribution in [0.5, 0.6) is 11.5 Å². The van der Waals surface area contributed by atoms with Crippen LogP contribution in [0.2, 0.25) is 0 Å². The number of nitrogens with one attached hydrogen (secondary N) is 16. The number of aryl methyl sites for hydroxylation is 1. The zero-order valence-corrected chi connectivity index (χ0v) is 67.7. The molecule has 630 valence electrons. The van der Waals surface area contributed by atoms with E-state index in [1.807, 2.05) is 52.1 Å². The zero-order valence-electron chi connectivity index (χ0n) is 66.0. The van der Waals surface area contributed by atoms with Crippen LogP contribution < -0.4 is 85.1 Å². The highest BCUT2D eigenvalue weighted by Crippen LogP contribution is 2.26. The second-order valence-electron chi connectivity index (χ2n) is 28.3. The van der Waals surface area contributed by atoms with E-state index in [0.29, 0.717) is 30.6 Å². The Morgan fingerprint density at radius 3 is 1.57 bits per heavy atom. The van der Waals surface area contributed by atoms with Gasteiger partial charge in [-0.3, -0.25) is 71.9 Å². The number of phenols is 2. The Morgan fingerprint density at radius 2 is 1.04 bits per heavy atom. The minimum Gasteiger partial charge on any atom is -0.508 e. The number of carboxylic acids is 2. The number of carbonyl (C=O) groups is 15. The molecule has 0 saturated carbocycles. The lowest BCUT2D eigenvalue weighted by Crippen LogP contribution is -2.61. The lowest BCUT2D eigenvalue weighted by atomic mass is 10.0. The molecule has 0 bridgehead atoms. The van der Waals surface area contributed by atoms with Crippen LogP contribution in [0.4, 0.5) is 0 Å². The molecule has 13 amide bonds. The molecule has 0 spiro atoms. The number of likely N-dealkylation sites (tertiary alicyclic amines) is 1. The van der Waals surface area contributed by atoms with Crippen molar-refractivity contribution in [3.8, 4) is 11.5 Å². The first-order chi connectivity index (χ1) is 54.0. The SMILES string of the molecule is CCNC(=O)[C@H](CC(=O)O)NC(=O)[C@H](CC(C)C)NC(=O)[C@@H]1CSSC[C@H](NC(=O)[C@@H]2CCCN2C(=O)[C@H](CC(C)C)NC(=O)C(CNC)NC)C(=O)N[C@@H](CC(=O)O)C(=O)N[C@@H](Cc2ccc(O)cc2)C(=O)N[C@@H](Cc2ccc(O)cc2)C(=O)NCC(=O)N[C@@H](C(C)O)C(=O)N1.CNCC(NC)C(=O)NCc1ccc(C)cc1. The fourth-order valence-electron chi connectivity index (χ4n) is 11.9. The number of likely N-dealkylation sites (N-methyl/N-ethyl adjacent to an activating group) is 5. The molecule has 21 N–H and O–H groups in total. The smallest absolute Gasteiger partial charge is 0.305 e. The van der Waals surface area contributed by atoms with Crippen molar-refractivity contribution in [3.05, 3.63) is 95.1 Å². The Morgan fingerprint density at radius 1 is 0.544 bits per heavy atom. The Hall–Kier alpha value is -10.2. The third kappa shape index (κ3) is 33.5. The molecule has 114 heavy (non-hydrogen) atoms. The highest BCUT2D eigenvalue weighted by Gasteiger charge is 2.42. The maximum absolute atomic E-state index is 14.9. The summed E-state index contributed by atoms with van der Waals surface area (Å²) in [5.41, 5.74) is 3.00. The third-order valence-corrected chi connectivity index (χ3v) is 20.4. The topological polar surface area (TPSA) is 553 Å². The van der Waals surface area contributed by atoms with Gasteiger partial charge in [0.05, 0.1) is 37.6 Å². The van der Waals surface area contributed by atoms with Crippen molar-refractivity contribution in [1.82, 2.24) is 90.0 Å². The van der Waals surface area contributed by atoms with E-state index in [1.165, 1.54) is 59.0 Å². The summed E-state index contributed by atoms with van der Waals surface area (Å²) in [5, 5.41) is 92.9. The van der Waals surface area contributed by atoms with E-state index in [4.69, 9.17) is 0 Å². The highest BCUT2D eigenvalue weighted by molar-refractivity contribution is 8.76. The van der Waals surface area contributed by atoms with E-state index in [2.05, 4.69) is 85.1 Å². The van der Waals surface area contributed by atoms with E-state index < -0.39 is 193 Å². The van der Waals surface area contributed by atoms with Gasteiger partial charge >= 0.3 is 11.9 Å². The van der Waals surface area contributed by atoms with Gasteiger partial charge in [-0.05, 0) is 127 Å². The van der Waals surface area contributed by atoms with Gasteiger partial charge in [0.25, 0.3) is 0 Å². The van der Waals surface area contributed by atoms with Gasteiger partial charge < -0.3 is 116 Å². The molecule has 0 aliphatic carbocycles. The van der Waals surface area contributed by atoms with Crippen molar-refractivity contribution in [2.75, 3.05) is 72.4 Å². The summed E-state index contributed by atoms with van der Waals surface area (Å²) in [5.74, 6) is -16.7. The van der Waals surface area contributed by atoms with Crippen LogP contribution in [-0.4, -0.2) is 270 Å². The monoisotopic (exact) mass is 1640 g/mol. The first-order valence-corrected chi connectivity index (χ1v) is 40.0. The number of aliphatic carboxylic acids is 2. The first-order valence-electron chi connectivity index (χ1n) is 37.5. The number of amides is 13. The Kier molecular flexibility index (Phi) is 41.7. The Labute approximate surface area is 670 Å². The number of aliphatic hydroxyl groups excluding tert-OH is 1. The molecule has 13 atom stereocenters. The van der Waals surface area contributed by atoms with E-state index >= 15 is 0 Å². The summed E-state index contributed by atoms with van der Waals surface area (Å²) in [6.45, 7) is 12.4. The average molecular weight is 1640 g/mol. The summed E-state index contributed by atoms with van der Waals surface area (Å²) in [4.78, 5) is 208. The zero-order chi connectivity index (χ0) is 84.9. The molecule has 2 fully saturated rings. The summed E-state index contributed by atoms with van der Waals surface area (Å²) in [6, 6.07) is 1.74. The van der Waals surface area contributed by atoms with Gasteiger partial charge in [0.15, 0.2) is 0 Å². The fourth-order valence-corrected chi connectivity index (χ4v) is 14.2. The van der Waals surface area contributed by atoms with Crippen LogP contribution in [0.3, 0.4) is 0 Å². The largest absolute Gasteiger partial charge is 0.508 e. The van der Waals surface area contributed by atoms with Gasteiger partial charge in [-0.25, -0.2) is 0 Å². The van der Waals surface area contributed by atoms with Crippen LogP contribution in [0.1, 0.15) is 102 Å². The van der Waals surface area contributed by atoms with Gasteiger partial charge in [-0.2, -0.15) is 0 Å². The predicted octanol–water partition coefficient (Wildman–Crippen LogP) is -3.47. The van der Waals surface area contributed by atoms with Gasteiger partial charge in [0, 0.05) is 57.1 Å². The van der Waals surface area contributed by atoms with E-state index in [1.54, 1.807) is 41.9 Å². The molecule has 2 aliphatic heterocycles. The molecule has 3 aromatic carbocycles. The molecule has 2 saturated heterocycles. The summed E-state index contributed by atoms with van der Waals surface area (Å²) < 4.78 is 0. The van der Waals surface area contributed by atoms with Crippen molar-refractivity contribution in [1.29, 1.82) is 0 Å². The fraction of sp³-hybridized carbons (Fsp3) is 0.560. The number of rotatable bonds is 33. The van der Waals surface area contributed by atoms with Crippen molar-refractivity contribution in [2.24, 2.45) is 11.8 Å². The Balaban J connectivity index is 0.00000142. The summed E-state index contributed by atoms with van der Waals surface area (Å²) >= 11 is 0. The number of nitrogens with zero attached hydrogens (tertiary/aromatic N) is 1. The molecule has 39 heteroatoms. The van der Waals surface area contributed by atoms with Crippen molar-refractivity contribution >= 4 is 110 Å². The first kappa shape index (κ1) is 96.2. The van der Waals surface area contributed by atoms with E-state index in [9.17, 15) is 97.5 Å². The van der Waals surface area contributed by atoms with Gasteiger partial charge in [0.2, 0.25) is 76.8 Å². The molecule has 3 aromatic rings. The number of hydrogen-bond acceptors (Lipinski definition) is 24. The number of carboxylic acid groups (broad SMARTS) is 2. The molecule has 2 aliphatic rings. The van der Waals surface area contributed by atoms with Crippen molar-refractivity contribution < 1.29 is 97.5 Å². The number of benzene rings is 3. The van der Waals surface area contributed by atoms with Crippen LogP contribution in [0.15, 0.2) is 72.8 Å². The lowest BCUT2D eigenvalue weighted by molar-refractivity contribution is -0.143. The van der Waals surface area contributed by atoms with Crippen LogP contribution in [0, 0.1) is 18.8 Å². The second-order valence-corrected chi connectivity index (χ2v) is 30.9. The highest BCUT2D eigenvalue weighted by atomic mass is 33.1. The molecule has 37 nitrogen and oxygen atoms in total. The third-order valence-electron chi connectivity index (χ3n) is 18.0. The normalized spacial score (nSPS) is 20.4. The maximum atomic E-state index is 14.9. The number of aromatic hydroxyl groups is 2. The molecular formula is C75H113N17O20S2. The standard InChI is InChI=1S/C62H92N14O19S2.C13H21N3O/c1-9-65-52(85)41(25-49(81)82)70-54(87)38(21-31(2)3)67-59(92)46-30-97-96-29-45(73-60(93)47-11-10-20-76(47)62(95)43(22-32(4)5)72-57(90)44(64-8)27-63-7)58(91)71-42(26-50(83)84)56(89)69-40(24-35-14-18-37(79)19-15-35)55(88)68-39(23-34-12-16-36(78)17-13-34)53(86)66-28-48(80)75-51(33(6)77)61(94)74-46;1-10-4-6-11(7-5-10)8-16-13(17)12(15-3)9-14-2/h12-19,31-33,38-47,51,63-64,77-79H,9-11,20-30H2,1-8H3,(H,65,85)(H,66,86)(H,67,92)(H,68,88)(H,69,89)(H,70,87)(H,71,91)(H,72,90)(H,73,93)(H,74,94)(H,75,80)(H,81,82)(H,83,84);4-7,12,14-15H,8-9H2,1-3H3,(H,16,17)/t33?,38-,39-,40-,41-,42-,43-,44?,45-,46-,47-,51-;/m0./s1. The molecule has 3 unspecified atom stereocenters. The second kappa shape index (κ2) is 49.4. The molecular weight excluding hydrogens is 1520 g/mol. The van der Waals surface area contributed by atoms with Gasteiger partial charge in [-0.1, -0.05) is 103 Å². The van der Waals surface area contributed by atoms with Crippen LogP contribution >= 0.6 is 21.6 Å².